The number of amides is 1. The van der Waals surface area contributed by atoms with Gasteiger partial charge in [-0.3, -0.25) is 9.59 Å². The Bertz CT molecular complexity index is 1060. The summed E-state index contributed by atoms with van der Waals surface area (Å²) in [5.74, 6) is 1.26. The van der Waals surface area contributed by atoms with Gasteiger partial charge in [-0.1, -0.05) is 6.07 Å². The molecule has 0 unspecified atom stereocenters. The molecule has 1 amide bonds. The topological polar surface area (TPSA) is 80.4 Å². The maximum Gasteiger partial charge on any atom is 0.251 e. The zero-order chi connectivity index (χ0) is 18.1. The van der Waals surface area contributed by atoms with E-state index in [2.05, 4.69) is 10.3 Å². The third kappa shape index (κ3) is 3.26. The molecule has 0 radical (unpaired) electrons. The van der Waals surface area contributed by atoms with E-state index in [1.807, 2.05) is 24.3 Å². The molecule has 0 aliphatic carbocycles. The van der Waals surface area contributed by atoms with Gasteiger partial charge in [0.15, 0.2) is 11.5 Å². The number of rotatable bonds is 4. The lowest BCUT2D eigenvalue weighted by Gasteiger charge is -2.07. The molecule has 1 aliphatic rings. The molecule has 0 atom stereocenters. The lowest BCUT2D eigenvalue weighted by molar-refractivity contribution is -0.116. The summed E-state index contributed by atoms with van der Waals surface area (Å²) in [5.41, 5.74) is 3.13. The summed E-state index contributed by atoms with van der Waals surface area (Å²) in [6.45, 7) is 1.99. The van der Waals surface area contributed by atoms with Gasteiger partial charge in [0.1, 0.15) is 0 Å². The van der Waals surface area contributed by atoms with Crippen LogP contribution in [0.25, 0.3) is 10.9 Å². The van der Waals surface area contributed by atoms with Crippen LogP contribution in [0.1, 0.15) is 17.5 Å². The van der Waals surface area contributed by atoms with Crippen molar-refractivity contribution >= 4 is 22.5 Å². The standard InChI is InChI=1S/C20H18N2O4/c1-12-8-14-9-13(2-5-16(14)22-20(12)24)3-7-19(23)21-15-4-6-17-18(10-15)26-11-25-17/h2,4-6,8-10H,3,7,11H2,1H3,(H,21,23)(H,22,24). The Morgan fingerprint density at radius 3 is 2.85 bits per heavy atom. The molecule has 6 nitrogen and oxygen atoms in total. The number of hydrogen-bond acceptors (Lipinski definition) is 4. The van der Waals surface area contributed by atoms with Crippen molar-refractivity contribution in [2.75, 3.05) is 12.1 Å². The normalized spacial score (nSPS) is 12.3. The van der Waals surface area contributed by atoms with Crippen molar-refractivity contribution in [3.63, 3.8) is 0 Å². The Balaban J connectivity index is 1.42. The van der Waals surface area contributed by atoms with Gasteiger partial charge in [-0.05, 0) is 54.6 Å². The van der Waals surface area contributed by atoms with E-state index < -0.39 is 0 Å². The maximum atomic E-state index is 12.2. The molecule has 0 fully saturated rings. The van der Waals surface area contributed by atoms with E-state index in [1.165, 1.54) is 0 Å². The fraction of sp³-hybridized carbons (Fsp3) is 0.200. The summed E-state index contributed by atoms with van der Waals surface area (Å²) >= 11 is 0. The van der Waals surface area contributed by atoms with E-state index in [0.29, 0.717) is 35.6 Å². The Morgan fingerprint density at radius 1 is 1.12 bits per heavy atom. The quantitative estimate of drug-likeness (QED) is 0.757. The predicted molar refractivity (Wildman–Crippen MR) is 98.8 cm³/mol. The van der Waals surface area contributed by atoms with Gasteiger partial charge >= 0.3 is 0 Å². The van der Waals surface area contributed by atoms with Crippen molar-refractivity contribution in [1.29, 1.82) is 0 Å². The summed E-state index contributed by atoms with van der Waals surface area (Å²) in [6.07, 6.45) is 0.979. The van der Waals surface area contributed by atoms with E-state index in [9.17, 15) is 9.59 Å². The average molecular weight is 350 g/mol. The minimum Gasteiger partial charge on any atom is -0.454 e. The molecule has 0 saturated heterocycles. The highest BCUT2D eigenvalue weighted by atomic mass is 16.7. The van der Waals surface area contributed by atoms with Crippen LogP contribution >= 0.6 is 0 Å². The first-order valence-electron chi connectivity index (χ1n) is 8.40. The van der Waals surface area contributed by atoms with Gasteiger partial charge in [-0.2, -0.15) is 0 Å². The molecule has 2 N–H and O–H groups in total. The second-order valence-corrected chi connectivity index (χ2v) is 6.32. The van der Waals surface area contributed by atoms with Crippen molar-refractivity contribution in [1.82, 2.24) is 4.98 Å². The Morgan fingerprint density at radius 2 is 1.96 bits per heavy atom. The Labute approximate surface area is 149 Å². The molecule has 0 saturated carbocycles. The van der Waals surface area contributed by atoms with Crippen molar-refractivity contribution in [2.24, 2.45) is 0 Å². The van der Waals surface area contributed by atoms with Crippen LogP contribution in [0.5, 0.6) is 11.5 Å². The number of pyridine rings is 1. The number of carbonyl (C=O) groups is 1. The highest BCUT2D eigenvalue weighted by molar-refractivity contribution is 5.91. The minimum absolute atomic E-state index is 0.0680. The molecule has 4 rings (SSSR count). The van der Waals surface area contributed by atoms with Crippen molar-refractivity contribution in [3.8, 4) is 11.5 Å². The summed E-state index contributed by atoms with van der Waals surface area (Å²) in [7, 11) is 0. The monoisotopic (exact) mass is 350 g/mol. The van der Waals surface area contributed by atoms with Crippen LogP contribution < -0.4 is 20.3 Å². The van der Waals surface area contributed by atoms with Crippen LogP contribution in [0.2, 0.25) is 0 Å². The molecule has 1 aliphatic heterocycles. The summed E-state index contributed by atoms with van der Waals surface area (Å²) in [5, 5.41) is 3.84. The Hall–Kier alpha value is -3.28. The van der Waals surface area contributed by atoms with E-state index >= 15 is 0 Å². The lowest BCUT2D eigenvalue weighted by atomic mass is 10.1. The van der Waals surface area contributed by atoms with Crippen LogP contribution in [0.15, 0.2) is 47.3 Å². The van der Waals surface area contributed by atoms with Crippen molar-refractivity contribution < 1.29 is 14.3 Å². The first-order chi connectivity index (χ1) is 12.6. The van der Waals surface area contributed by atoms with Crippen molar-refractivity contribution in [2.45, 2.75) is 19.8 Å². The second kappa shape index (κ2) is 6.55. The first-order valence-corrected chi connectivity index (χ1v) is 8.40. The molecule has 26 heavy (non-hydrogen) atoms. The van der Waals surface area contributed by atoms with Gasteiger partial charge in [0, 0.05) is 29.3 Å². The Kier molecular flexibility index (Phi) is 4.08. The number of H-pyrrole nitrogens is 1. The molecule has 2 aromatic carbocycles. The highest BCUT2D eigenvalue weighted by Gasteiger charge is 2.14. The van der Waals surface area contributed by atoms with Gasteiger partial charge in [0.25, 0.3) is 5.56 Å². The molecular weight excluding hydrogens is 332 g/mol. The summed E-state index contributed by atoms with van der Waals surface area (Å²) < 4.78 is 10.6. The first kappa shape index (κ1) is 16.2. The van der Waals surface area contributed by atoms with E-state index in [1.54, 1.807) is 25.1 Å². The number of aryl methyl sites for hydroxylation is 2. The number of fused-ring (bicyclic) bond motifs is 2. The maximum absolute atomic E-state index is 12.2. The minimum atomic E-state index is -0.0756. The van der Waals surface area contributed by atoms with Gasteiger partial charge in [-0.15, -0.1) is 0 Å². The number of ether oxygens (including phenoxy) is 2. The fourth-order valence-electron chi connectivity index (χ4n) is 2.98. The third-order valence-electron chi connectivity index (χ3n) is 4.39. The molecule has 0 spiro atoms. The zero-order valence-corrected chi connectivity index (χ0v) is 14.3. The molecule has 132 valence electrons. The van der Waals surface area contributed by atoms with Gasteiger partial charge < -0.3 is 19.8 Å². The van der Waals surface area contributed by atoms with Gasteiger partial charge in [0.2, 0.25) is 12.7 Å². The number of hydrogen-bond donors (Lipinski definition) is 2. The summed E-state index contributed by atoms with van der Waals surface area (Å²) in [6, 6.07) is 13.0. The number of aromatic amines is 1. The van der Waals surface area contributed by atoms with Crippen molar-refractivity contribution in [3.05, 3.63) is 63.9 Å². The zero-order valence-electron chi connectivity index (χ0n) is 14.3. The number of aromatic nitrogens is 1. The van der Waals surface area contributed by atoms with Gasteiger partial charge in [0.05, 0.1) is 0 Å². The highest BCUT2D eigenvalue weighted by Crippen LogP contribution is 2.34. The van der Waals surface area contributed by atoms with E-state index in [-0.39, 0.29) is 18.3 Å². The largest absolute Gasteiger partial charge is 0.454 e. The van der Waals surface area contributed by atoms with E-state index in [4.69, 9.17) is 9.47 Å². The smallest absolute Gasteiger partial charge is 0.251 e. The lowest BCUT2D eigenvalue weighted by Crippen LogP contribution is -2.12. The molecular formula is C20H18N2O4. The van der Waals surface area contributed by atoms with Crippen LogP contribution in [0.3, 0.4) is 0 Å². The predicted octanol–water partition coefficient (Wildman–Crippen LogP) is 3.14. The number of benzene rings is 2. The van der Waals surface area contributed by atoms with Crippen LogP contribution in [0, 0.1) is 6.92 Å². The molecule has 2 heterocycles. The number of carbonyl (C=O) groups excluding carboxylic acids is 1. The molecule has 3 aromatic rings. The van der Waals surface area contributed by atoms with Crippen LogP contribution in [-0.2, 0) is 11.2 Å². The summed E-state index contributed by atoms with van der Waals surface area (Å²) in [4.78, 5) is 26.7. The average Bonchev–Trinajstić information content (AvgIpc) is 3.09. The van der Waals surface area contributed by atoms with E-state index in [0.717, 1.165) is 16.5 Å². The number of nitrogens with one attached hydrogen (secondary N) is 2. The molecule has 0 bridgehead atoms. The van der Waals surface area contributed by atoms with Crippen LogP contribution in [0.4, 0.5) is 5.69 Å². The second-order valence-electron chi connectivity index (χ2n) is 6.32. The third-order valence-corrected chi connectivity index (χ3v) is 4.39. The fourth-order valence-corrected chi connectivity index (χ4v) is 2.98. The number of anilines is 1. The SMILES string of the molecule is Cc1cc2cc(CCC(=O)Nc3ccc4c(c3)OCO4)ccc2[nH]c1=O. The molecule has 6 heteroatoms. The van der Waals surface area contributed by atoms with Crippen LogP contribution in [-0.4, -0.2) is 17.7 Å². The van der Waals surface area contributed by atoms with Gasteiger partial charge in [-0.25, -0.2) is 0 Å². The molecule has 1 aromatic heterocycles.